The number of hydrogen-bond donors (Lipinski definition) is 3. The fraction of sp³-hybridized carbons (Fsp3) is 0.929. The number of aliphatic hydroxyl groups is 2. The van der Waals surface area contributed by atoms with E-state index in [0.29, 0.717) is 25.9 Å². The van der Waals surface area contributed by atoms with Crippen LogP contribution in [0.2, 0.25) is 0 Å². The van der Waals surface area contributed by atoms with Crippen LogP contribution in [-0.2, 0) is 14.3 Å². The van der Waals surface area contributed by atoms with Gasteiger partial charge in [0.2, 0.25) is 5.91 Å². The fourth-order valence-corrected chi connectivity index (χ4v) is 13.6. The van der Waals surface area contributed by atoms with Crippen LogP contribution in [-0.4, -0.2) is 47.4 Å². The van der Waals surface area contributed by atoms with Crippen LogP contribution in [0, 0.1) is 0 Å². The summed E-state index contributed by atoms with van der Waals surface area (Å²) in [5.41, 5.74) is 0. The molecule has 6 heteroatoms. The molecule has 6 nitrogen and oxygen atoms in total. The zero-order valence-corrected chi connectivity index (χ0v) is 62.1. The van der Waals surface area contributed by atoms with Crippen molar-refractivity contribution in [3.05, 3.63) is 24.3 Å². The zero-order valence-electron chi connectivity index (χ0n) is 62.1. The molecule has 2 atom stereocenters. The van der Waals surface area contributed by atoms with Gasteiger partial charge in [-0.25, -0.2) is 0 Å². The number of aliphatic hydroxyl groups excluding tert-OH is 2. The van der Waals surface area contributed by atoms with Gasteiger partial charge in [-0.2, -0.15) is 0 Å². The molecule has 91 heavy (non-hydrogen) atoms. The molecular weight excluding hydrogens is 1110 g/mol. The largest absolute Gasteiger partial charge is 0.466 e. The Labute approximate surface area is 571 Å². The van der Waals surface area contributed by atoms with Gasteiger partial charge in [-0.3, -0.25) is 9.59 Å². The summed E-state index contributed by atoms with van der Waals surface area (Å²) in [6.45, 7) is 4.99. The van der Waals surface area contributed by atoms with Gasteiger partial charge in [-0.1, -0.05) is 436 Å². The number of unbranched alkanes of at least 4 members (excludes halogenated alkanes) is 65. The molecule has 0 aliphatic heterocycles. The van der Waals surface area contributed by atoms with E-state index in [9.17, 15) is 19.8 Å². The van der Waals surface area contributed by atoms with Crippen molar-refractivity contribution in [3.8, 4) is 0 Å². The Morgan fingerprint density at radius 1 is 0.308 bits per heavy atom. The second-order valence-electron chi connectivity index (χ2n) is 29.2. The number of esters is 1. The number of amides is 1. The molecule has 0 rings (SSSR count). The molecular formula is C85H165NO5. The van der Waals surface area contributed by atoms with Gasteiger partial charge >= 0.3 is 5.97 Å². The second kappa shape index (κ2) is 80.8. The number of allylic oxidation sites excluding steroid dienone is 4. The van der Waals surface area contributed by atoms with E-state index in [0.717, 1.165) is 51.4 Å². The summed E-state index contributed by atoms with van der Waals surface area (Å²) in [5, 5.41) is 23.5. The third-order valence-electron chi connectivity index (χ3n) is 20.0. The number of hydrogen-bond acceptors (Lipinski definition) is 5. The number of carbonyl (C=O) groups is 2. The summed E-state index contributed by atoms with van der Waals surface area (Å²) in [5.74, 6) is -0.00919. The lowest BCUT2D eigenvalue weighted by molar-refractivity contribution is -0.143. The smallest absolute Gasteiger partial charge is 0.305 e. The quantitative estimate of drug-likeness (QED) is 0.0320. The average molecular weight is 1280 g/mol. The van der Waals surface area contributed by atoms with Crippen LogP contribution in [0.3, 0.4) is 0 Å². The Kier molecular flexibility index (Phi) is 79.3. The highest BCUT2D eigenvalue weighted by Crippen LogP contribution is 2.21. The molecule has 3 N–H and O–H groups in total. The summed E-state index contributed by atoms with van der Waals surface area (Å²) in [6, 6.07) is -0.539. The van der Waals surface area contributed by atoms with Gasteiger partial charge in [-0.05, 0) is 57.8 Å². The number of nitrogens with one attached hydrogen (secondary N) is 1. The Hall–Kier alpha value is -1.66. The lowest BCUT2D eigenvalue weighted by Gasteiger charge is -2.22. The molecule has 0 heterocycles. The van der Waals surface area contributed by atoms with E-state index in [4.69, 9.17) is 4.74 Å². The van der Waals surface area contributed by atoms with Crippen molar-refractivity contribution in [2.24, 2.45) is 0 Å². The van der Waals surface area contributed by atoms with Crippen molar-refractivity contribution in [3.63, 3.8) is 0 Å². The van der Waals surface area contributed by atoms with Crippen molar-refractivity contribution in [2.45, 2.75) is 495 Å². The van der Waals surface area contributed by atoms with E-state index in [1.165, 1.54) is 398 Å². The minimum absolute atomic E-state index is 0.0151. The van der Waals surface area contributed by atoms with Crippen LogP contribution >= 0.6 is 0 Å². The van der Waals surface area contributed by atoms with E-state index >= 15 is 0 Å². The van der Waals surface area contributed by atoms with E-state index in [1.54, 1.807) is 0 Å². The molecule has 0 spiro atoms. The first-order chi connectivity index (χ1) is 45.0. The first kappa shape index (κ1) is 89.3. The minimum Gasteiger partial charge on any atom is -0.466 e. The average Bonchev–Trinajstić information content (AvgIpc) is 3.66. The van der Waals surface area contributed by atoms with Gasteiger partial charge in [0.25, 0.3) is 0 Å². The third-order valence-corrected chi connectivity index (χ3v) is 20.0. The lowest BCUT2D eigenvalue weighted by Crippen LogP contribution is -2.45. The molecule has 0 saturated heterocycles. The maximum atomic E-state index is 12.6. The van der Waals surface area contributed by atoms with Gasteiger partial charge in [0.05, 0.1) is 25.4 Å². The summed E-state index contributed by atoms with van der Waals surface area (Å²) in [6.07, 6.45) is 104. The van der Waals surface area contributed by atoms with Gasteiger partial charge in [0, 0.05) is 12.8 Å². The van der Waals surface area contributed by atoms with E-state index in [1.807, 2.05) is 0 Å². The Morgan fingerprint density at radius 2 is 0.549 bits per heavy atom. The lowest BCUT2D eigenvalue weighted by atomic mass is 10.0. The summed E-state index contributed by atoms with van der Waals surface area (Å²) in [4.78, 5) is 24.7. The highest BCUT2D eigenvalue weighted by molar-refractivity contribution is 5.76. The van der Waals surface area contributed by atoms with E-state index < -0.39 is 12.1 Å². The Morgan fingerprint density at radius 3 is 0.846 bits per heavy atom. The van der Waals surface area contributed by atoms with Gasteiger partial charge in [0.1, 0.15) is 0 Å². The van der Waals surface area contributed by atoms with Gasteiger partial charge in [0.15, 0.2) is 0 Å². The summed E-state index contributed by atoms with van der Waals surface area (Å²) < 4.78 is 5.51. The molecule has 0 bridgehead atoms. The first-order valence-corrected chi connectivity index (χ1v) is 42.1. The normalized spacial score (nSPS) is 12.5. The van der Waals surface area contributed by atoms with Gasteiger partial charge in [-0.15, -0.1) is 0 Å². The molecule has 0 saturated carbocycles. The van der Waals surface area contributed by atoms with E-state index in [2.05, 4.69) is 43.5 Å². The summed E-state index contributed by atoms with van der Waals surface area (Å²) in [7, 11) is 0. The molecule has 540 valence electrons. The summed E-state index contributed by atoms with van der Waals surface area (Å²) >= 11 is 0. The van der Waals surface area contributed by atoms with Crippen LogP contribution in [0.15, 0.2) is 24.3 Å². The molecule has 0 aromatic carbocycles. The maximum Gasteiger partial charge on any atom is 0.305 e. The molecule has 0 fully saturated rings. The van der Waals surface area contributed by atoms with Crippen molar-refractivity contribution in [1.29, 1.82) is 0 Å². The van der Waals surface area contributed by atoms with E-state index in [-0.39, 0.29) is 18.5 Å². The van der Waals surface area contributed by atoms with Crippen molar-refractivity contribution in [1.82, 2.24) is 5.32 Å². The molecule has 0 radical (unpaired) electrons. The Balaban J connectivity index is 3.32. The zero-order chi connectivity index (χ0) is 65.6. The second-order valence-corrected chi connectivity index (χ2v) is 29.2. The molecule has 2 unspecified atom stereocenters. The fourth-order valence-electron chi connectivity index (χ4n) is 13.6. The predicted molar refractivity (Wildman–Crippen MR) is 403 cm³/mol. The van der Waals surface area contributed by atoms with Crippen LogP contribution < -0.4 is 5.32 Å². The number of rotatable bonds is 80. The van der Waals surface area contributed by atoms with Crippen molar-refractivity contribution < 1.29 is 24.5 Å². The van der Waals surface area contributed by atoms with Gasteiger partial charge < -0.3 is 20.3 Å². The molecule has 1 amide bonds. The topological polar surface area (TPSA) is 95.9 Å². The Bertz CT molecular complexity index is 1430. The first-order valence-electron chi connectivity index (χ1n) is 42.1. The molecule has 0 aliphatic carbocycles. The standard InChI is InChI=1S/C85H165NO5/c1-3-5-7-9-11-13-15-17-19-21-23-24-25-36-39-42-45-49-53-57-61-65-69-73-77-83(88)82(81-87)86-84(89)78-74-70-66-62-58-54-50-46-43-40-37-34-32-30-28-26-27-29-31-33-35-38-41-44-48-52-56-60-64-68-72-76-80-91-85(90)79-75-71-67-63-59-55-51-47-22-20-18-16-14-12-10-8-6-4-2/h14,16,20,22,82-83,87-88H,3-13,15,17-19,21,23-81H2,1-2H3,(H,86,89)/b16-14-,22-20-. The van der Waals surface area contributed by atoms with Crippen molar-refractivity contribution >= 4 is 11.9 Å². The van der Waals surface area contributed by atoms with Crippen LogP contribution in [0.4, 0.5) is 0 Å². The van der Waals surface area contributed by atoms with Crippen LogP contribution in [0.1, 0.15) is 483 Å². The molecule has 0 aliphatic rings. The monoisotopic (exact) mass is 1280 g/mol. The SMILES string of the molecule is CCCCCC/C=C\C/C=C\CCCCCCCCCC(=O)OCCCCCCCCCCCCCCCCCCCCCCCCCCCCCCCCCCC(=O)NC(CO)C(O)CCCCCCCCCCCCCCCCCCCCCCCCCC. The highest BCUT2D eigenvalue weighted by atomic mass is 16.5. The minimum atomic E-state index is -0.663. The molecule has 0 aromatic rings. The molecule has 0 aromatic heterocycles. The highest BCUT2D eigenvalue weighted by Gasteiger charge is 2.20. The maximum absolute atomic E-state index is 12.6. The number of carbonyl (C=O) groups excluding carboxylic acids is 2. The van der Waals surface area contributed by atoms with Crippen molar-refractivity contribution in [2.75, 3.05) is 13.2 Å². The predicted octanol–water partition coefficient (Wildman–Crippen LogP) is 28.0. The third kappa shape index (κ3) is 77.2. The number of ether oxygens (including phenoxy) is 1. The van der Waals surface area contributed by atoms with Crippen LogP contribution in [0.5, 0.6) is 0 Å². The van der Waals surface area contributed by atoms with Crippen LogP contribution in [0.25, 0.3) is 0 Å².